The Labute approximate surface area is 190 Å². The van der Waals surface area contributed by atoms with Gasteiger partial charge in [0.05, 0.1) is 12.7 Å². The zero-order valence-corrected chi connectivity index (χ0v) is 20.6. The molecule has 4 aliphatic carbocycles. The molecule has 0 aromatic rings. The van der Waals surface area contributed by atoms with Gasteiger partial charge in [0.2, 0.25) is 0 Å². The Bertz CT molecular complexity index is 754. The fraction of sp³-hybridized carbons (Fsp3) is 0.929. The molecule has 2 saturated heterocycles. The van der Waals surface area contributed by atoms with E-state index in [0.717, 1.165) is 30.8 Å². The van der Waals surface area contributed by atoms with Gasteiger partial charge in [-0.3, -0.25) is 0 Å². The van der Waals surface area contributed by atoms with E-state index in [1.165, 1.54) is 51.4 Å². The maximum absolute atomic E-state index is 6.93. The van der Waals surface area contributed by atoms with Gasteiger partial charge < -0.3 is 14.8 Å². The summed E-state index contributed by atoms with van der Waals surface area (Å²) >= 11 is 0. The van der Waals surface area contributed by atoms with Crippen molar-refractivity contribution >= 4 is 0 Å². The quantitative estimate of drug-likeness (QED) is 0.525. The first-order chi connectivity index (χ1) is 14.8. The van der Waals surface area contributed by atoms with Crippen LogP contribution in [0.2, 0.25) is 0 Å². The predicted molar refractivity (Wildman–Crippen MR) is 125 cm³/mol. The van der Waals surface area contributed by atoms with Crippen LogP contribution in [0.3, 0.4) is 0 Å². The van der Waals surface area contributed by atoms with E-state index in [2.05, 4.69) is 46.1 Å². The molecule has 6 rings (SSSR count). The van der Waals surface area contributed by atoms with Crippen molar-refractivity contribution in [3.05, 3.63) is 11.6 Å². The highest BCUT2D eigenvalue weighted by Crippen LogP contribution is 2.70. The summed E-state index contributed by atoms with van der Waals surface area (Å²) in [6, 6.07) is 0.694. The number of ether oxygens (including phenoxy) is 2. The van der Waals surface area contributed by atoms with E-state index in [9.17, 15) is 0 Å². The zero-order valence-electron chi connectivity index (χ0n) is 20.6. The second-order valence-electron chi connectivity index (χ2n) is 13.0. The molecule has 2 heterocycles. The van der Waals surface area contributed by atoms with E-state index in [-0.39, 0.29) is 5.79 Å². The van der Waals surface area contributed by atoms with Crippen molar-refractivity contribution in [3.8, 4) is 0 Å². The van der Waals surface area contributed by atoms with Gasteiger partial charge in [-0.15, -0.1) is 0 Å². The van der Waals surface area contributed by atoms with E-state index in [4.69, 9.17) is 9.47 Å². The van der Waals surface area contributed by atoms with Crippen LogP contribution in [0, 0.1) is 46.3 Å². The number of hydrogen-bond acceptors (Lipinski definition) is 3. The minimum atomic E-state index is -0.274. The fourth-order valence-corrected chi connectivity index (χ4v) is 9.92. The number of nitrogens with one attached hydrogen (secondary N) is 1. The maximum atomic E-state index is 6.93. The van der Waals surface area contributed by atoms with Gasteiger partial charge in [0.25, 0.3) is 0 Å². The molecule has 3 saturated carbocycles. The average Bonchev–Trinajstić information content (AvgIpc) is 3.20. The van der Waals surface area contributed by atoms with E-state index in [1.54, 1.807) is 5.57 Å². The molecule has 0 amide bonds. The third kappa shape index (κ3) is 2.81. The van der Waals surface area contributed by atoms with Crippen LogP contribution < -0.4 is 5.32 Å². The lowest BCUT2D eigenvalue weighted by atomic mass is 9.46. The van der Waals surface area contributed by atoms with Gasteiger partial charge in [-0.25, -0.2) is 0 Å². The third-order valence-electron chi connectivity index (χ3n) is 11.8. The van der Waals surface area contributed by atoms with Crippen molar-refractivity contribution in [3.63, 3.8) is 0 Å². The Morgan fingerprint density at radius 3 is 2.61 bits per heavy atom. The lowest BCUT2D eigenvalue weighted by Crippen LogP contribution is -2.53. The molecule has 0 bridgehead atoms. The Hall–Kier alpha value is -0.380. The number of hydrogen-bond donors (Lipinski definition) is 1. The van der Waals surface area contributed by atoms with Crippen molar-refractivity contribution < 1.29 is 9.47 Å². The zero-order chi connectivity index (χ0) is 21.6. The van der Waals surface area contributed by atoms with Crippen LogP contribution >= 0.6 is 0 Å². The van der Waals surface area contributed by atoms with Crippen LogP contribution in [0.1, 0.15) is 85.5 Å². The van der Waals surface area contributed by atoms with E-state index >= 15 is 0 Å². The molecule has 0 aromatic carbocycles. The van der Waals surface area contributed by atoms with Gasteiger partial charge in [0.15, 0.2) is 5.79 Å². The Morgan fingerprint density at radius 2 is 1.87 bits per heavy atom. The van der Waals surface area contributed by atoms with E-state index < -0.39 is 0 Å². The number of rotatable bonds is 1. The molecule has 1 N–H and O–H groups in total. The van der Waals surface area contributed by atoms with Crippen LogP contribution in [0.5, 0.6) is 0 Å². The monoisotopic (exact) mass is 427 g/mol. The van der Waals surface area contributed by atoms with Crippen molar-refractivity contribution in [2.75, 3.05) is 13.7 Å². The normalized spacial score (nSPS) is 58.3. The molecule has 174 valence electrons. The number of fused-ring (bicyclic) bond motifs is 7. The molecular weight excluding hydrogens is 382 g/mol. The van der Waals surface area contributed by atoms with Gasteiger partial charge >= 0.3 is 0 Å². The van der Waals surface area contributed by atoms with Gasteiger partial charge in [0.1, 0.15) is 0 Å². The summed E-state index contributed by atoms with van der Waals surface area (Å²) in [5.41, 5.74) is 2.67. The second kappa shape index (κ2) is 7.06. The highest BCUT2D eigenvalue weighted by molar-refractivity contribution is 5.26. The molecule has 0 radical (unpaired) electrons. The molecule has 3 nitrogen and oxygen atoms in total. The first kappa shape index (κ1) is 21.2. The summed E-state index contributed by atoms with van der Waals surface area (Å²) in [4.78, 5) is 0. The molecule has 11 atom stereocenters. The summed E-state index contributed by atoms with van der Waals surface area (Å²) < 4.78 is 13.4. The smallest absolute Gasteiger partial charge is 0.171 e. The molecular formula is C28H45NO2. The Morgan fingerprint density at radius 1 is 1.03 bits per heavy atom. The highest BCUT2D eigenvalue weighted by Gasteiger charge is 2.68. The second-order valence-corrected chi connectivity index (χ2v) is 13.0. The van der Waals surface area contributed by atoms with E-state index in [0.29, 0.717) is 40.7 Å². The highest BCUT2D eigenvalue weighted by atomic mass is 16.7. The van der Waals surface area contributed by atoms with Crippen LogP contribution in [0.15, 0.2) is 11.6 Å². The molecule has 3 heteroatoms. The molecule has 1 spiro atoms. The summed E-state index contributed by atoms with van der Waals surface area (Å²) in [6.45, 7) is 11.0. The minimum absolute atomic E-state index is 0.274. The molecule has 0 aromatic heterocycles. The summed E-state index contributed by atoms with van der Waals surface area (Å²) in [5.74, 6) is 4.21. The van der Waals surface area contributed by atoms with Crippen LogP contribution in [-0.4, -0.2) is 31.6 Å². The molecule has 31 heavy (non-hydrogen) atoms. The topological polar surface area (TPSA) is 30.5 Å². The van der Waals surface area contributed by atoms with Crippen molar-refractivity contribution in [2.24, 2.45) is 46.3 Å². The van der Waals surface area contributed by atoms with Crippen molar-refractivity contribution in [1.82, 2.24) is 5.32 Å². The van der Waals surface area contributed by atoms with Crippen molar-refractivity contribution in [2.45, 2.75) is 103 Å². The predicted octanol–water partition coefficient (Wildman–Crippen LogP) is 5.94. The first-order valence-corrected chi connectivity index (χ1v) is 13.5. The molecule has 6 aliphatic rings. The SMILES string of the molecule is CNC1CCC2(C)C(=CCC3C2CCC2(C)C3CC3OC4(CCC(C)CO4)C(C)C32)C1. The van der Waals surface area contributed by atoms with Gasteiger partial charge in [-0.05, 0) is 98.8 Å². The molecule has 2 aliphatic heterocycles. The minimum Gasteiger partial charge on any atom is -0.349 e. The standard InChI is InChI=1S/C28H45NO2/c1-17-8-13-28(30-16-17)18(2)25-24(31-28)15-23-21-7-6-19-14-20(29-5)9-11-26(19,3)22(21)10-12-27(23,25)4/h6,17-18,20-25,29H,7-16H2,1-5H3. The van der Waals surface area contributed by atoms with Crippen LogP contribution in [0.25, 0.3) is 0 Å². The summed E-state index contributed by atoms with van der Waals surface area (Å²) in [6.07, 6.45) is 14.9. The van der Waals surface area contributed by atoms with Gasteiger partial charge in [-0.2, -0.15) is 0 Å². The fourth-order valence-electron chi connectivity index (χ4n) is 9.92. The Kier molecular flexibility index (Phi) is 4.82. The van der Waals surface area contributed by atoms with E-state index in [1.807, 2.05) is 0 Å². The third-order valence-corrected chi connectivity index (χ3v) is 11.8. The van der Waals surface area contributed by atoms with Crippen LogP contribution in [0.4, 0.5) is 0 Å². The molecule has 5 fully saturated rings. The van der Waals surface area contributed by atoms with Gasteiger partial charge in [0, 0.05) is 18.4 Å². The lowest BCUT2D eigenvalue weighted by molar-refractivity contribution is -0.272. The van der Waals surface area contributed by atoms with Crippen LogP contribution in [-0.2, 0) is 9.47 Å². The Balaban J connectivity index is 1.27. The first-order valence-electron chi connectivity index (χ1n) is 13.5. The van der Waals surface area contributed by atoms with Crippen molar-refractivity contribution in [1.29, 1.82) is 0 Å². The summed E-state index contributed by atoms with van der Waals surface area (Å²) in [5, 5.41) is 3.56. The number of allylic oxidation sites excluding steroid dienone is 1. The van der Waals surface area contributed by atoms with Gasteiger partial charge in [-0.1, -0.05) is 39.3 Å². The lowest BCUT2D eigenvalue weighted by Gasteiger charge is -2.58. The maximum Gasteiger partial charge on any atom is 0.171 e. The average molecular weight is 428 g/mol. The molecule has 11 unspecified atom stereocenters. The largest absolute Gasteiger partial charge is 0.349 e. The summed E-state index contributed by atoms with van der Waals surface area (Å²) in [7, 11) is 2.15.